The molecule has 9 rings (SSSR count). The Labute approximate surface area is 324 Å². The molecule has 0 N–H and O–H groups in total. The van der Waals surface area contributed by atoms with E-state index in [0.29, 0.717) is 5.25 Å². The van der Waals surface area contributed by atoms with Crippen LogP contribution in [0.5, 0.6) is 0 Å². The quantitative estimate of drug-likeness (QED) is 0.140. The zero-order chi connectivity index (χ0) is 36.1. The Hall–Kier alpha value is -6.21. The van der Waals surface area contributed by atoms with Crippen LogP contribution in [0.1, 0.15) is 17.2 Å². The van der Waals surface area contributed by atoms with Crippen LogP contribution in [-0.2, 0) is 0 Å². The van der Waals surface area contributed by atoms with E-state index in [9.17, 15) is 0 Å². The fourth-order valence-corrected chi connectivity index (χ4v) is 9.25. The second-order valence-electron chi connectivity index (χ2n) is 13.1. The summed E-state index contributed by atoms with van der Waals surface area (Å²) >= 11 is 3.71. The maximum absolute atomic E-state index is 4.46. The highest BCUT2D eigenvalue weighted by Gasteiger charge is 2.26. The average molecular weight is 733 g/mol. The van der Waals surface area contributed by atoms with E-state index in [1.54, 1.807) is 11.3 Å². The number of anilines is 5. The van der Waals surface area contributed by atoms with E-state index in [1.807, 2.05) is 48.7 Å². The van der Waals surface area contributed by atoms with Gasteiger partial charge in [0.1, 0.15) is 5.00 Å². The van der Waals surface area contributed by atoms with Crippen molar-refractivity contribution in [2.45, 2.75) is 11.7 Å². The van der Waals surface area contributed by atoms with Crippen molar-refractivity contribution in [1.82, 2.24) is 9.97 Å². The fraction of sp³-hybridized carbons (Fsp3) is 0.0417. The van der Waals surface area contributed by atoms with E-state index < -0.39 is 0 Å². The minimum Gasteiger partial charge on any atom is -0.304 e. The molecule has 6 heteroatoms. The monoisotopic (exact) mass is 732 g/mol. The highest BCUT2D eigenvalue weighted by molar-refractivity contribution is 8.03. The molecule has 0 radical (unpaired) electrons. The number of benzene rings is 5. The van der Waals surface area contributed by atoms with Gasteiger partial charge in [-0.3, -0.25) is 9.97 Å². The fourth-order valence-electron chi connectivity index (χ4n) is 6.91. The van der Waals surface area contributed by atoms with Crippen LogP contribution >= 0.6 is 23.1 Å². The molecule has 1 unspecified atom stereocenters. The zero-order valence-electron chi connectivity index (χ0n) is 29.4. The first-order valence-electron chi connectivity index (χ1n) is 18.1. The second-order valence-corrected chi connectivity index (χ2v) is 15.3. The molecule has 4 nitrogen and oxygen atoms in total. The molecule has 5 aromatic carbocycles. The molecule has 0 saturated carbocycles. The Bertz CT molecular complexity index is 2470. The normalized spacial score (nSPS) is 13.7. The summed E-state index contributed by atoms with van der Waals surface area (Å²) in [4.78, 5) is 14.8. The number of pyridine rings is 2. The average Bonchev–Trinajstić information content (AvgIpc) is 3.95. The maximum atomic E-state index is 4.46. The van der Waals surface area contributed by atoms with Gasteiger partial charge in [0.15, 0.2) is 0 Å². The van der Waals surface area contributed by atoms with E-state index in [0.717, 1.165) is 34.2 Å². The number of allylic oxidation sites excluding steroid dienone is 1. The van der Waals surface area contributed by atoms with Crippen molar-refractivity contribution in [1.29, 1.82) is 0 Å². The van der Waals surface area contributed by atoms with Crippen molar-refractivity contribution in [3.63, 3.8) is 0 Å². The van der Waals surface area contributed by atoms with Gasteiger partial charge in [-0.1, -0.05) is 127 Å². The summed E-state index contributed by atoms with van der Waals surface area (Å²) in [7, 11) is 0. The SMILES string of the molecule is C1=C(N(c2ccc(-c3ccccc3)cc2)c2cccnc2)SC(c2ccc(-c3ccc(N(c4ccc(-c5ccccc5)cc4)c4cccnc4)s3)cc2)C1. The number of nitrogens with zero attached hydrogens (tertiary/aromatic N) is 4. The zero-order valence-corrected chi connectivity index (χ0v) is 31.1. The van der Waals surface area contributed by atoms with E-state index in [4.69, 9.17) is 0 Å². The molecule has 8 aromatic rings. The van der Waals surface area contributed by atoms with Crippen molar-refractivity contribution in [3.8, 4) is 32.7 Å². The molecule has 4 heterocycles. The minimum absolute atomic E-state index is 0.329. The molecular weight excluding hydrogens is 697 g/mol. The lowest BCUT2D eigenvalue weighted by Gasteiger charge is -2.26. The van der Waals surface area contributed by atoms with Gasteiger partial charge in [-0.2, -0.15) is 0 Å². The molecule has 54 heavy (non-hydrogen) atoms. The molecule has 1 aliphatic heterocycles. The molecule has 0 bridgehead atoms. The van der Waals surface area contributed by atoms with Crippen LogP contribution in [0, 0.1) is 0 Å². The smallest absolute Gasteiger partial charge is 0.101 e. The van der Waals surface area contributed by atoms with Crippen LogP contribution < -0.4 is 9.80 Å². The van der Waals surface area contributed by atoms with Crippen molar-refractivity contribution in [2.24, 2.45) is 0 Å². The first kappa shape index (κ1) is 33.6. The highest BCUT2D eigenvalue weighted by atomic mass is 32.2. The Balaban J connectivity index is 0.936. The van der Waals surface area contributed by atoms with Crippen LogP contribution in [0.25, 0.3) is 32.7 Å². The van der Waals surface area contributed by atoms with Gasteiger partial charge in [0.05, 0.1) is 28.8 Å². The third-order valence-corrected chi connectivity index (χ3v) is 12.1. The standard InChI is InChI=1S/C48H36N4S2/c1-3-9-35(10-4-1)37-19-23-41(24-20-37)51(43-13-7-31-49-33-43)47-29-27-45(53-47)39-15-17-40(18-16-39)46-28-30-48(54-46)52(44-14-8-32-50-34-44)42-25-21-38(22-26-42)36-11-5-2-6-12-36/h1-27,29-34,46H,28H2. The number of hydrogen-bond acceptors (Lipinski definition) is 6. The third-order valence-electron chi connectivity index (χ3n) is 9.64. The molecule has 260 valence electrons. The minimum atomic E-state index is 0.329. The molecular formula is C48H36N4S2. The van der Waals surface area contributed by atoms with Gasteiger partial charge in [-0.15, -0.1) is 11.3 Å². The Morgan fingerprint density at radius 3 is 1.52 bits per heavy atom. The molecule has 0 fully saturated rings. The molecule has 0 spiro atoms. The van der Waals surface area contributed by atoms with E-state index in [-0.39, 0.29) is 0 Å². The Kier molecular flexibility index (Phi) is 9.59. The van der Waals surface area contributed by atoms with Crippen LogP contribution in [0.15, 0.2) is 206 Å². The van der Waals surface area contributed by atoms with Crippen molar-refractivity contribution in [3.05, 3.63) is 211 Å². The van der Waals surface area contributed by atoms with Crippen LogP contribution in [0.3, 0.4) is 0 Å². The van der Waals surface area contributed by atoms with Crippen molar-refractivity contribution >= 4 is 50.8 Å². The van der Waals surface area contributed by atoms with E-state index in [2.05, 4.69) is 184 Å². The molecule has 3 aromatic heterocycles. The third kappa shape index (κ3) is 7.09. The van der Waals surface area contributed by atoms with E-state index in [1.165, 1.54) is 43.3 Å². The van der Waals surface area contributed by atoms with Gasteiger partial charge in [0.25, 0.3) is 0 Å². The van der Waals surface area contributed by atoms with Crippen LogP contribution in [0.2, 0.25) is 0 Å². The van der Waals surface area contributed by atoms with Gasteiger partial charge in [-0.25, -0.2) is 0 Å². The summed E-state index contributed by atoms with van der Waals surface area (Å²) in [6.07, 6.45) is 10.9. The lowest BCUT2D eigenvalue weighted by atomic mass is 10.1. The number of rotatable bonds is 10. The number of thioether (sulfide) groups is 1. The van der Waals surface area contributed by atoms with Crippen LogP contribution in [-0.4, -0.2) is 9.97 Å². The Morgan fingerprint density at radius 2 is 0.963 bits per heavy atom. The largest absolute Gasteiger partial charge is 0.304 e. The van der Waals surface area contributed by atoms with Gasteiger partial charge < -0.3 is 9.80 Å². The van der Waals surface area contributed by atoms with Crippen molar-refractivity contribution < 1.29 is 0 Å². The number of thiophene rings is 1. The predicted molar refractivity (Wildman–Crippen MR) is 229 cm³/mol. The summed E-state index contributed by atoms with van der Waals surface area (Å²) in [6.45, 7) is 0. The highest BCUT2D eigenvalue weighted by Crippen LogP contribution is 2.49. The number of hydrogen-bond donors (Lipinski definition) is 0. The maximum Gasteiger partial charge on any atom is 0.101 e. The summed E-state index contributed by atoms with van der Waals surface area (Å²) in [5, 5.41) is 2.69. The van der Waals surface area contributed by atoms with E-state index >= 15 is 0 Å². The lowest BCUT2D eigenvalue weighted by molar-refractivity contribution is 0.989. The first-order chi connectivity index (χ1) is 26.8. The lowest BCUT2D eigenvalue weighted by Crippen LogP contribution is -2.13. The second kappa shape index (κ2) is 15.4. The summed E-state index contributed by atoms with van der Waals surface area (Å²) in [5.74, 6) is 0. The van der Waals surface area contributed by atoms with Crippen LogP contribution in [0.4, 0.5) is 27.8 Å². The summed E-state index contributed by atoms with van der Waals surface area (Å²) < 4.78 is 0. The topological polar surface area (TPSA) is 32.3 Å². The van der Waals surface area contributed by atoms with Gasteiger partial charge >= 0.3 is 0 Å². The summed E-state index contributed by atoms with van der Waals surface area (Å²) in [6, 6.07) is 60.5. The molecule has 0 amide bonds. The molecule has 0 saturated heterocycles. The van der Waals surface area contributed by atoms with Crippen molar-refractivity contribution in [2.75, 3.05) is 9.80 Å². The molecule has 0 aliphatic carbocycles. The Morgan fingerprint density at radius 1 is 0.444 bits per heavy atom. The molecule has 1 atom stereocenters. The first-order valence-corrected chi connectivity index (χ1v) is 19.7. The van der Waals surface area contributed by atoms with Gasteiger partial charge in [-0.05, 0) is 100 Å². The predicted octanol–water partition coefficient (Wildman–Crippen LogP) is 13.9. The molecule has 1 aliphatic rings. The summed E-state index contributed by atoms with van der Waals surface area (Å²) in [5.41, 5.74) is 11.7. The van der Waals surface area contributed by atoms with Gasteiger partial charge in [0.2, 0.25) is 0 Å². The number of aromatic nitrogens is 2. The van der Waals surface area contributed by atoms with Gasteiger partial charge in [0, 0.05) is 33.9 Å².